The number of hydrogen-bond acceptors (Lipinski definition) is 2. The van der Waals surface area contributed by atoms with Crippen LogP contribution >= 0.6 is 23.2 Å². The van der Waals surface area contributed by atoms with Crippen LogP contribution < -0.4 is 4.74 Å². The Morgan fingerprint density at radius 2 is 1.88 bits per heavy atom. The molecular formula is C12H16Cl2O2. The zero-order chi connectivity index (χ0) is 12.3. The number of ether oxygens (including phenoxy) is 1. The third-order valence-electron chi connectivity index (χ3n) is 2.14. The second-order valence-electron chi connectivity index (χ2n) is 3.97. The molecule has 4 heteroatoms. The minimum absolute atomic E-state index is 0.128. The van der Waals surface area contributed by atoms with Crippen molar-refractivity contribution in [1.82, 2.24) is 0 Å². The van der Waals surface area contributed by atoms with Crippen LogP contribution in [0.5, 0.6) is 5.75 Å². The van der Waals surface area contributed by atoms with E-state index >= 15 is 0 Å². The van der Waals surface area contributed by atoms with E-state index in [1.54, 1.807) is 6.07 Å². The van der Waals surface area contributed by atoms with Gasteiger partial charge in [-0.05, 0) is 44.0 Å². The first-order valence-corrected chi connectivity index (χ1v) is 6.02. The van der Waals surface area contributed by atoms with Crippen LogP contribution in [0.4, 0.5) is 0 Å². The second kappa shape index (κ2) is 5.76. The van der Waals surface area contributed by atoms with Gasteiger partial charge in [-0.2, -0.15) is 0 Å². The fraction of sp³-hybridized carbons (Fsp3) is 0.500. The van der Waals surface area contributed by atoms with Gasteiger partial charge in [0.25, 0.3) is 0 Å². The third-order valence-corrected chi connectivity index (χ3v) is 2.62. The Bertz CT molecular complexity index is 351. The Morgan fingerprint density at radius 1 is 1.25 bits per heavy atom. The molecule has 0 fully saturated rings. The lowest BCUT2D eigenvalue weighted by molar-refractivity contribution is 0.192. The average molecular weight is 263 g/mol. The van der Waals surface area contributed by atoms with Gasteiger partial charge in [-0.3, -0.25) is 0 Å². The molecule has 0 saturated carbocycles. The molecule has 1 aromatic rings. The van der Waals surface area contributed by atoms with E-state index in [2.05, 4.69) is 0 Å². The summed E-state index contributed by atoms with van der Waals surface area (Å²) in [5.74, 6) is 0.812. The van der Waals surface area contributed by atoms with E-state index in [-0.39, 0.29) is 6.10 Å². The number of alkyl halides is 2. The van der Waals surface area contributed by atoms with Crippen LogP contribution in [0, 0.1) is 6.92 Å². The van der Waals surface area contributed by atoms with Crippen molar-refractivity contribution in [2.24, 2.45) is 0 Å². The minimum Gasteiger partial charge on any atom is -0.491 e. The Balaban J connectivity index is 2.90. The van der Waals surface area contributed by atoms with Crippen LogP contribution in [-0.2, 0) is 0 Å². The van der Waals surface area contributed by atoms with Crippen molar-refractivity contribution in [1.29, 1.82) is 0 Å². The number of aliphatic hydroxyl groups is 1. The molecule has 1 unspecified atom stereocenters. The van der Waals surface area contributed by atoms with Gasteiger partial charge in [0.1, 0.15) is 16.7 Å². The van der Waals surface area contributed by atoms with Crippen molar-refractivity contribution in [2.45, 2.75) is 37.8 Å². The molecular weight excluding hydrogens is 247 g/mol. The van der Waals surface area contributed by atoms with Crippen LogP contribution in [0.25, 0.3) is 0 Å². The quantitative estimate of drug-likeness (QED) is 0.841. The monoisotopic (exact) mass is 262 g/mol. The molecule has 16 heavy (non-hydrogen) atoms. The minimum atomic E-state index is -0.866. The van der Waals surface area contributed by atoms with Crippen molar-refractivity contribution in [3.05, 3.63) is 29.3 Å². The van der Waals surface area contributed by atoms with Gasteiger partial charge in [0, 0.05) is 0 Å². The number of aliphatic hydroxyl groups excluding tert-OH is 1. The molecule has 0 saturated heterocycles. The van der Waals surface area contributed by atoms with Crippen LogP contribution in [0.3, 0.4) is 0 Å². The van der Waals surface area contributed by atoms with Crippen molar-refractivity contribution in [3.8, 4) is 5.75 Å². The summed E-state index contributed by atoms with van der Waals surface area (Å²) < 4.78 is 5.59. The summed E-state index contributed by atoms with van der Waals surface area (Å²) in [5, 5.41) is 9.69. The highest BCUT2D eigenvalue weighted by Crippen LogP contribution is 2.28. The summed E-state index contributed by atoms with van der Waals surface area (Å²) >= 11 is 11.2. The smallest absolute Gasteiger partial charge is 0.137 e. The highest BCUT2D eigenvalue weighted by atomic mass is 35.5. The number of benzene rings is 1. The van der Waals surface area contributed by atoms with Crippen molar-refractivity contribution < 1.29 is 9.84 Å². The summed E-state index contributed by atoms with van der Waals surface area (Å²) in [6.07, 6.45) is -0.738. The summed E-state index contributed by atoms with van der Waals surface area (Å²) in [5.41, 5.74) is 1.66. The lowest BCUT2D eigenvalue weighted by Crippen LogP contribution is -2.09. The molecule has 0 radical (unpaired) electrons. The van der Waals surface area contributed by atoms with E-state index in [4.69, 9.17) is 27.9 Å². The topological polar surface area (TPSA) is 29.5 Å². The number of halogens is 2. The SMILES string of the molecule is Cc1cc(C(O)C(Cl)Cl)ccc1OC(C)C. The van der Waals surface area contributed by atoms with Crippen LogP contribution in [0.2, 0.25) is 0 Å². The van der Waals surface area contributed by atoms with Gasteiger partial charge in [0.05, 0.1) is 6.10 Å². The Morgan fingerprint density at radius 3 is 2.31 bits per heavy atom. The molecule has 0 heterocycles. The maximum Gasteiger partial charge on any atom is 0.137 e. The third kappa shape index (κ3) is 3.55. The van der Waals surface area contributed by atoms with Gasteiger partial charge < -0.3 is 9.84 Å². The van der Waals surface area contributed by atoms with Gasteiger partial charge in [0.15, 0.2) is 0 Å². The molecule has 0 aromatic heterocycles. The average Bonchev–Trinajstić information content (AvgIpc) is 2.19. The van der Waals surface area contributed by atoms with E-state index in [1.165, 1.54) is 0 Å². The van der Waals surface area contributed by atoms with Crippen LogP contribution in [-0.4, -0.2) is 16.0 Å². The zero-order valence-electron chi connectivity index (χ0n) is 9.58. The standard InChI is InChI=1S/C12H16Cl2O2/c1-7(2)16-10-5-4-9(6-8(10)3)11(15)12(13)14/h4-7,11-12,15H,1-3H3. The van der Waals surface area contributed by atoms with Gasteiger partial charge in [-0.15, -0.1) is 23.2 Å². The van der Waals surface area contributed by atoms with E-state index in [1.807, 2.05) is 32.9 Å². The summed E-state index contributed by atoms with van der Waals surface area (Å²) in [6, 6.07) is 5.43. The van der Waals surface area contributed by atoms with Gasteiger partial charge >= 0.3 is 0 Å². The first-order chi connectivity index (χ1) is 7.41. The Kier molecular flexibility index (Phi) is 4.90. The molecule has 90 valence electrons. The molecule has 0 aliphatic carbocycles. The fourth-order valence-corrected chi connectivity index (χ4v) is 1.68. The predicted molar refractivity (Wildman–Crippen MR) is 67.4 cm³/mol. The van der Waals surface area contributed by atoms with E-state index in [0.717, 1.165) is 11.3 Å². The molecule has 1 atom stereocenters. The molecule has 0 amide bonds. The van der Waals surface area contributed by atoms with E-state index in [0.29, 0.717) is 5.56 Å². The fourth-order valence-electron chi connectivity index (χ4n) is 1.39. The normalized spacial score (nSPS) is 13.2. The molecule has 1 N–H and O–H groups in total. The van der Waals surface area contributed by atoms with E-state index in [9.17, 15) is 5.11 Å². The molecule has 2 nitrogen and oxygen atoms in total. The molecule has 1 aromatic carbocycles. The number of aryl methyl sites for hydroxylation is 1. The second-order valence-corrected chi connectivity index (χ2v) is 5.13. The molecule has 0 aliphatic rings. The molecule has 0 aliphatic heterocycles. The summed E-state index contributed by atoms with van der Waals surface area (Å²) in [6.45, 7) is 5.86. The first kappa shape index (κ1) is 13.6. The first-order valence-electron chi connectivity index (χ1n) is 5.15. The maximum absolute atomic E-state index is 9.69. The molecule has 0 bridgehead atoms. The predicted octanol–water partition coefficient (Wildman–Crippen LogP) is 3.62. The largest absolute Gasteiger partial charge is 0.491 e. The highest BCUT2D eigenvalue weighted by molar-refractivity contribution is 6.44. The zero-order valence-corrected chi connectivity index (χ0v) is 11.1. The number of rotatable bonds is 4. The van der Waals surface area contributed by atoms with Crippen LogP contribution in [0.1, 0.15) is 31.1 Å². The molecule has 0 spiro atoms. The Labute approximate surface area is 106 Å². The lowest BCUT2D eigenvalue weighted by atomic mass is 10.1. The van der Waals surface area contributed by atoms with Crippen molar-refractivity contribution >= 4 is 23.2 Å². The maximum atomic E-state index is 9.69. The van der Waals surface area contributed by atoms with Crippen molar-refractivity contribution in [2.75, 3.05) is 0 Å². The molecule has 1 rings (SSSR count). The van der Waals surface area contributed by atoms with Gasteiger partial charge in [-0.25, -0.2) is 0 Å². The van der Waals surface area contributed by atoms with Gasteiger partial charge in [0.2, 0.25) is 0 Å². The van der Waals surface area contributed by atoms with Gasteiger partial charge in [-0.1, -0.05) is 6.07 Å². The highest BCUT2D eigenvalue weighted by Gasteiger charge is 2.16. The summed E-state index contributed by atoms with van der Waals surface area (Å²) in [7, 11) is 0. The van der Waals surface area contributed by atoms with Crippen molar-refractivity contribution in [3.63, 3.8) is 0 Å². The lowest BCUT2D eigenvalue weighted by Gasteiger charge is -2.16. The summed E-state index contributed by atoms with van der Waals surface area (Å²) in [4.78, 5) is -0.823. The Hall–Kier alpha value is -0.440. The van der Waals surface area contributed by atoms with Crippen LogP contribution in [0.15, 0.2) is 18.2 Å². The number of hydrogen-bond donors (Lipinski definition) is 1. The van der Waals surface area contributed by atoms with E-state index < -0.39 is 10.9 Å².